The summed E-state index contributed by atoms with van der Waals surface area (Å²) in [6.45, 7) is 6.35. The van der Waals surface area contributed by atoms with Crippen LogP contribution in [-0.2, 0) is 0 Å². The lowest BCUT2D eigenvalue weighted by Crippen LogP contribution is -2.52. The van der Waals surface area contributed by atoms with Gasteiger partial charge in [0.1, 0.15) is 0 Å². The lowest BCUT2D eigenvalue weighted by atomic mass is 9.98. The van der Waals surface area contributed by atoms with E-state index in [9.17, 15) is 0 Å². The Kier molecular flexibility index (Phi) is 3.87. The zero-order chi connectivity index (χ0) is 9.03. The van der Waals surface area contributed by atoms with Gasteiger partial charge in [-0.2, -0.15) is 11.8 Å². The van der Waals surface area contributed by atoms with Crippen molar-refractivity contribution in [3.63, 3.8) is 0 Å². The summed E-state index contributed by atoms with van der Waals surface area (Å²) in [4.78, 5) is 0. The Balaban J connectivity index is 2.34. The molecule has 0 radical (unpaired) electrons. The average Bonchev–Trinajstić information content (AvgIpc) is 2.50. The first kappa shape index (κ1) is 10.4. The summed E-state index contributed by atoms with van der Waals surface area (Å²) < 4.78 is 0. The average molecular weight is 188 g/mol. The summed E-state index contributed by atoms with van der Waals surface area (Å²) in [6, 6.07) is 0. The van der Waals surface area contributed by atoms with Crippen LogP contribution in [0.25, 0.3) is 0 Å². The van der Waals surface area contributed by atoms with E-state index in [2.05, 4.69) is 19.2 Å². The quantitative estimate of drug-likeness (QED) is 0.693. The molecule has 0 saturated carbocycles. The van der Waals surface area contributed by atoms with Crippen LogP contribution < -0.4 is 11.1 Å². The predicted molar refractivity (Wildman–Crippen MR) is 56.6 cm³/mol. The SMILES string of the molecule is CC(C)CNC1(CN)CCSC1. The van der Waals surface area contributed by atoms with Crippen LogP contribution >= 0.6 is 11.8 Å². The molecule has 2 nitrogen and oxygen atoms in total. The topological polar surface area (TPSA) is 38.0 Å². The monoisotopic (exact) mass is 188 g/mol. The second-order valence-electron chi connectivity index (χ2n) is 4.06. The first-order valence-corrected chi connectivity index (χ1v) is 5.87. The number of nitrogens with two attached hydrogens (primary N) is 1. The Bertz CT molecular complexity index is 130. The van der Waals surface area contributed by atoms with Crippen molar-refractivity contribution in [3.05, 3.63) is 0 Å². The van der Waals surface area contributed by atoms with Crippen LogP contribution in [0.1, 0.15) is 20.3 Å². The number of rotatable bonds is 4. The lowest BCUT2D eigenvalue weighted by molar-refractivity contribution is 0.351. The molecule has 0 aromatic heterocycles. The Hall–Kier alpha value is 0.270. The van der Waals surface area contributed by atoms with Gasteiger partial charge in [0.25, 0.3) is 0 Å². The molecule has 1 unspecified atom stereocenters. The molecular formula is C9H20N2S. The maximum atomic E-state index is 5.78. The van der Waals surface area contributed by atoms with Crippen LogP contribution in [-0.4, -0.2) is 30.1 Å². The summed E-state index contributed by atoms with van der Waals surface area (Å²) in [7, 11) is 0. The van der Waals surface area contributed by atoms with Crippen LogP contribution in [0.3, 0.4) is 0 Å². The van der Waals surface area contributed by atoms with Gasteiger partial charge >= 0.3 is 0 Å². The van der Waals surface area contributed by atoms with E-state index in [0.29, 0.717) is 0 Å². The molecule has 1 atom stereocenters. The second-order valence-corrected chi connectivity index (χ2v) is 5.17. The molecule has 1 aliphatic heterocycles. The third kappa shape index (κ3) is 2.64. The summed E-state index contributed by atoms with van der Waals surface area (Å²) in [5, 5.41) is 3.60. The maximum absolute atomic E-state index is 5.78. The molecule has 72 valence electrons. The van der Waals surface area contributed by atoms with Crippen LogP contribution in [0, 0.1) is 5.92 Å². The normalized spacial score (nSPS) is 30.0. The van der Waals surface area contributed by atoms with E-state index < -0.39 is 0 Å². The minimum atomic E-state index is 0.259. The van der Waals surface area contributed by atoms with E-state index in [1.54, 1.807) is 0 Å². The first-order valence-electron chi connectivity index (χ1n) is 4.71. The highest BCUT2D eigenvalue weighted by molar-refractivity contribution is 7.99. The summed E-state index contributed by atoms with van der Waals surface area (Å²) in [6.07, 6.45) is 1.24. The highest BCUT2D eigenvalue weighted by Crippen LogP contribution is 2.26. The highest BCUT2D eigenvalue weighted by atomic mass is 32.2. The van der Waals surface area contributed by atoms with Gasteiger partial charge in [-0.1, -0.05) is 13.8 Å². The minimum Gasteiger partial charge on any atom is -0.329 e. The van der Waals surface area contributed by atoms with E-state index in [1.807, 2.05) is 11.8 Å². The number of thioether (sulfide) groups is 1. The van der Waals surface area contributed by atoms with E-state index >= 15 is 0 Å². The summed E-state index contributed by atoms with van der Waals surface area (Å²) >= 11 is 2.01. The first-order chi connectivity index (χ1) is 5.68. The molecule has 1 fully saturated rings. The molecule has 1 heterocycles. The lowest BCUT2D eigenvalue weighted by Gasteiger charge is -2.29. The molecular weight excluding hydrogens is 168 g/mol. The highest BCUT2D eigenvalue weighted by Gasteiger charge is 2.32. The largest absolute Gasteiger partial charge is 0.329 e. The zero-order valence-corrected chi connectivity index (χ0v) is 8.91. The molecule has 0 aliphatic carbocycles. The van der Waals surface area contributed by atoms with E-state index in [0.717, 1.165) is 19.0 Å². The Labute approximate surface area is 79.7 Å². The Morgan fingerprint density at radius 3 is 2.75 bits per heavy atom. The second kappa shape index (κ2) is 4.49. The summed E-state index contributed by atoms with van der Waals surface area (Å²) in [5.74, 6) is 3.18. The Morgan fingerprint density at radius 2 is 2.33 bits per heavy atom. The van der Waals surface area contributed by atoms with Gasteiger partial charge in [0, 0.05) is 17.8 Å². The van der Waals surface area contributed by atoms with Crippen LogP contribution in [0.15, 0.2) is 0 Å². The van der Waals surface area contributed by atoms with Gasteiger partial charge in [0.15, 0.2) is 0 Å². The van der Waals surface area contributed by atoms with E-state index in [4.69, 9.17) is 5.73 Å². The number of hydrogen-bond donors (Lipinski definition) is 2. The van der Waals surface area contributed by atoms with Crippen molar-refractivity contribution in [3.8, 4) is 0 Å². The molecule has 1 aliphatic rings. The van der Waals surface area contributed by atoms with E-state index in [1.165, 1.54) is 17.9 Å². The van der Waals surface area contributed by atoms with Crippen molar-refractivity contribution >= 4 is 11.8 Å². The number of nitrogens with one attached hydrogen (secondary N) is 1. The van der Waals surface area contributed by atoms with Crippen molar-refractivity contribution < 1.29 is 0 Å². The molecule has 1 saturated heterocycles. The molecule has 0 spiro atoms. The Morgan fingerprint density at radius 1 is 1.58 bits per heavy atom. The van der Waals surface area contributed by atoms with Gasteiger partial charge in [0.05, 0.1) is 0 Å². The molecule has 0 amide bonds. The van der Waals surface area contributed by atoms with Gasteiger partial charge < -0.3 is 11.1 Å². The van der Waals surface area contributed by atoms with Crippen molar-refractivity contribution in [2.24, 2.45) is 11.7 Å². The molecule has 0 aromatic rings. The van der Waals surface area contributed by atoms with Crippen LogP contribution in [0.5, 0.6) is 0 Å². The number of hydrogen-bond acceptors (Lipinski definition) is 3. The van der Waals surface area contributed by atoms with Crippen LogP contribution in [0.2, 0.25) is 0 Å². The van der Waals surface area contributed by atoms with Gasteiger partial charge in [0.2, 0.25) is 0 Å². The fourth-order valence-electron chi connectivity index (χ4n) is 1.40. The van der Waals surface area contributed by atoms with Crippen molar-refractivity contribution in [1.29, 1.82) is 0 Å². The fourth-order valence-corrected chi connectivity index (χ4v) is 2.83. The fraction of sp³-hybridized carbons (Fsp3) is 1.00. The van der Waals surface area contributed by atoms with Crippen molar-refractivity contribution in [1.82, 2.24) is 5.32 Å². The zero-order valence-electron chi connectivity index (χ0n) is 8.10. The maximum Gasteiger partial charge on any atom is 0.0403 e. The van der Waals surface area contributed by atoms with Crippen molar-refractivity contribution in [2.45, 2.75) is 25.8 Å². The van der Waals surface area contributed by atoms with Crippen LogP contribution in [0.4, 0.5) is 0 Å². The molecule has 0 bridgehead atoms. The molecule has 12 heavy (non-hydrogen) atoms. The van der Waals surface area contributed by atoms with Gasteiger partial charge in [-0.05, 0) is 24.6 Å². The van der Waals surface area contributed by atoms with Gasteiger partial charge in [-0.3, -0.25) is 0 Å². The minimum absolute atomic E-state index is 0.259. The molecule has 3 N–H and O–H groups in total. The third-order valence-corrected chi connectivity index (χ3v) is 3.63. The third-order valence-electron chi connectivity index (χ3n) is 2.38. The smallest absolute Gasteiger partial charge is 0.0403 e. The van der Waals surface area contributed by atoms with Gasteiger partial charge in [-0.15, -0.1) is 0 Å². The van der Waals surface area contributed by atoms with E-state index in [-0.39, 0.29) is 5.54 Å². The molecule has 0 aromatic carbocycles. The predicted octanol–water partition coefficient (Wildman–Crippen LogP) is 1.07. The molecule has 1 rings (SSSR count). The molecule has 3 heteroatoms. The van der Waals surface area contributed by atoms with Crippen molar-refractivity contribution in [2.75, 3.05) is 24.6 Å². The van der Waals surface area contributed by atoms with Gasteiger partial charge in [-0.25, -0.2) is 0 Å². The standard InChI is InChI=1S/C9H20N2S/c1-8(2)5-11-9(6-10)3-4-12-7-9/h8,11H,3-7,10H2,1-2H3. The summed E-state index contributed by atoms with van der Waals surface area (Å²) in [5.41, 5.74) is 6.04.